The van der Waals surface area contributed by atoms with Crippen molar-refractivity contribution in [1.29, 1.82) is 0 Å². The number of amides is 1. The fourth-order valence-electron chi connectivity index (χ4n) is 1.96. The normalized spacial score (nSPS) is 10.6. The first kappa shape index (κ1) is 17.2. The Morgan fingerprint density at radius 1 is 1.35 bits per heavy atom. The van der Waals surface area contributed by atoms with Gasteiger partial charge in [0.05, 0.1) is 23.5 Å². The van der Waals surface area contributed by atoms with E-state index < -0.39 is 5.97 Å². The lowest BCUT2D eigenvalue weighted by Gasteiger charge is -2.06. The van der Waals surface area contributed by atoms with Gasteiger partial charge >= 0.3 is 5.97 Å². The van der Waals surface area contributed by atoms with Crippen molar-refractivity contribution in [3.8, 4) is 5.88 Å². The number of nitrogens with zero attached hydrogens (tertiary/aromatic N) is 1. The molecule has 0 saturated heterocycles. The number of nitrogen functional groups attached to an aromatic ring is 1. The first-order chi connectivity index (χ1) is 10.8. The average Bonchev–Trinajstić information content (AvgIpc) is 2.90. The van der Waals surface area contributed by atoms with Crippen LogP contribution < -0.4 is 11.1 Å². The summed E-state index contributed by atoms with van der Waals surface area (Å²) < 4.78 is 5.04. The number of hydrogen-bond donors (Lipinski definition) is 3. The third-order valence-corrected chi connectivity index (χ3v) is 5.13. The van der Waals surface area contributed by atoms with Crippen LogP contribution in [0.1, 0.15) is 32.6 Å². The van der Waals surface area contributed by atoms with Gasteiger partial charge in [-0.1, -0.05) is 11.3 Å². The summed E-state index contributed by atoms with van der Waals surface area (Å²) in [6.07, 6.45) is -0.0705. The number of nitrogens with one attached hydrogen (secondary N) is 1. The monoisotopic (exact) mass is 355 g/mol. The maximum absolute atomic E-state index is 12.2. The van der Waals surface area contributed by atoms with E-state index in [0.717, 1.165) is 21.8 Å². The fraction of sp³-hybridized carbons (Fsp3) is 0.357. The number of ether oxygens (including phenoxy) is 1. The summed E-state index contributed by atoms with van der Waals surface area (Å²) in [6.45, 7) is 5.66. The molecular weight excluding hydrogens is 338 g/mol. The van der Waals surface area contributed by atoms with Gasteiger partial charge in [0.25, 0.3) is 0 Å². The topological polar surface area (TPSA) is 115 Å². The van der Waals surface area contributed by atoms with Crippen LogP contribution in [0.5, 0.6) is 5.88 Å². The molecule has 0 fully saturated rings. The molecule has 0 spiro atoms. The van der Waals surface area contributed by atoms with E-state index in [1.807, 2.05) is 13.8 Å². The molecule has 0 aliphatic carbocycles. The zero-order valence-corrected chi connectivity index (χ0v) is 14.6. The van der Waals surface area contributed by atoms with Crippen LogP contribution in [-0.4, -0.2) is 28.6 Å². The molecule has 124 valence electrons. The van der Waals surface area contributed by atoms with Crippen molar-refractivity contribution < 1.29 is 19.4 Å². The molecule has 0 radical (unpaired) electrons. The minimum atomic E-state index is -0.463. The van der Waals surface area contributed by atoms with Crippen molar-refractivity contribution >= 4 is 44.7 Å². The van der Waals surface area contributed by atoms with Crippen LogP contribution in [0.25, 0.3) is 0 Å². The van der Waals surface area contributed by atoms with Crippen molar-refractivity contribution in [2.45, 2.75) is 27.2 Å². The minimum Gasteiger partial charge on any atom is -0.492 e. The summed E-state index contributed by atoms with van der Waals surface area (Å²) in [5.41, 5.74) is 6.64. The maximum atomic E-state index is 12.2. The predicted octanol–water partition coefficient (Wildman–Crippen LogP) is 2.47. The maximum Gasteiger partial charge on any atom is 0.341 e. The van der Waals surface area contributed by atoms with E-state index in [2.05, 4.69) is 10.3 Å². The molecule has 2 aromatic rings. The summed E-state index contributed by atoms with van der Waals surface area (Å²) in [5, 5.41) is 12.9. The van der Waals surface area contributed by atoms with E-state index >= 15 is 0 Å². The number of hydrogen-bond acceptors (Lipinski definition) is 8. The predicted molar refractivity (Wildman–Crippen MR) is 90.3 cm³/mol. The van der Waals surface area contributed by atoms with Crippen LogP contribution in [0.3, 0.4) is 0 Å². The first-order valence-corrected chi connectivity index (χ1v) is 8.47. The number of aryl methyl sites for hydroxylation is 1. The van der Waals surface area contributed by atoms with Crippen LogP contribution in [-0.2, 0) is 16.0 Å². The fourth-order valence-corrected chi connectivity index (χ4v) is 3.75. The number of aromatic nitrogens is 1. The number of aromatic hydroxyl groups is 1. The Morgan fingerprint density at radius 3 is 2.61 bits per heavy atom. The van der Waals surface area contributed by atoms with Gasteiger partial charge in [-0.3, -0.25) is 4.79 Å². The summed E-state index contributed by atoms with van der Waals surface area (Å²) in [5.74, 6) is -1.07. The van der Waals surface area contributed by atoms with Crippen LogP contribution in [0.4, 0.5) is 10.1 Å². The SMILES string of the molecule is CCOC(=O)c1c(NC(=O)Cc2sc(N)nc2O)sc(C)c1C. The Labute approximate surface area is 141 Å². The first-order valence-electron chi connectivity index (χ1n) is 6.84. The van der Waals surface area contributed by atoms with Crippen molar-refractivity contribution in [2.75, 3.05) is 17.7 Å². The van der Waals surface area contributed by atoms with Crippen LogP contribution in [0.15, 0.2) is 0 Å². The lowest BCUT2D eigenvalue weighted by atomic mass is 10.1. The third kappa shape index (κ3) is 3.80. The van der Waals surface area contributed by atoms with E-state index in [0.29, 0.717) is 15.4 Å². The van der Waals surface area contributed by atoms with E-state index in [4.69, 9.17) is 10.5 Å². The molecule has 0 aliphatic heterocycles. The molecule has 0 saturated carbocycles. The van der Waals surface area contributed by atoms with Gasteiger partial charge in [-0.25, -0.2) is 4.79 Å². The van der Waals surface area contributed by atoms with Gasteiger partial charge in [0.1, 0.15) is 5.00 Å². The highest BCUT2D eigenvalue weighted by Gasteiger charge is 2.22. The Hall–Kier alpha value is -2.13. The van der Waals surface area contributed by atoms with Gasteiger partial charge in [0.15, 0.2) is 5.13 Å². The van der Waals surface area contributed by atoms with E-state index in [-0.39, 0.29) is 29.9 Å². The molecule has 23 heavy (non-hydrogen) atoms. The molecule has 7 nitrogen and oxygen atoms in total. The summed E-state index contributed by atoms with van der Waals surface area (Å²) >= 11 is 2.36. The number of rotatable bonds is 5. The van der Waals surface area contributed by atoms with Crippen LogP contribution >= 0.6 is 22.7 Å². The molecule has 2 rings (SSSR count). The van der Waals surface area contributed by atoms with Crippen LogP contribution in [0, 0.1) is 13.8 Å². The highest BCUT2D eigenvalue weighted by Crippen LogP contribution is 2.33. The molecule has 0 aromatic carbocycles. The Balaban J connectivity index is 2.19. The zero-order chi connectivity index (χ0) is 17.1. The summed E-state index contributed by atoms with van der Waals surface area (Å²) in [7, 11) is 0. The molecule has 9 heteroatoms. The molecular formula is C14H17N3O4S2. The minimum absolute atomic E-state index is 0.0705. The quantitative estimate of drug-likeness (QED) is 0.710. The largest absolute Gasteiger partial charge is 0.492 e. The van der Waals surface area contributed by atoms with Crippen molar-refractivity contribution in [2.24, 2.45) is 0 Å². The molecule has 0 bridgehead atoms. The second-order valence-electron chi connectivity index (χ2n) is 4.73. The molecule has 0 unspecified atom stereocenters. The number of carbonyl (C=O) groups is 2. The lowest BCUT2D eigenvalue weighted by molar-refractivity contribution is -0.115. The number of thiazole rings is 1. The number of esters is 1. The molecule has 4 N–H and O–H groups in total. The third-order valence-electron chi connectivity index (χ3n) is 3.13. The Kier molecular flexibility index (Phi) is 5.22. The van der Waals surface area contributed by atoms with Crippen molar-refractivity contribution in [1.82, 2.24) is 4.98 Å². The van der Waals surface area contributed by atoms with Crippen LogP contribution in [0.2, 0.25) is 0 Å². The smallest absolute Gasteiger partial charge is 0.341 e. The average molecular weight is 355 g/mol. The van der Waals surface area contributed by atoms with Gasteiger partial charge < -0.3 is 20.9 Å². The highest BCUT2D eigenvalue weighted by atomic mass is 32.1. The van der Waals surface area contributed by atoms with Crippen molar-refractivity contribution in [3.63, 3.8) is 0 Å². The molecule has 1 amide bonds. The standard InChI is InChI=1S/C14H17N3O4S2/c1-4-21-13(20)10-6(2)7(3)22-12(10)16-9(18)5-8-11(19)17-14(15)23-8/h19H,4-5H2,1-3H3,(H2,15,17)(H,16,18). The lowest BCUT2D eigenvalue weighted by Crippen LogP contribution is -2.16. The van der Waals surface area contributed by atoms with E-state index in [9.17, 15) is 14.7 Å². The second-order valence-corrected chi connectivity index (χ2v) is 7.07. The van der Waals surface area contributed by atoms with Crippen molar-refractivity contribution in [3.05, 3.63) is 20.9 Å². The van der Waals surface area contributed by atoms with Gasteiger partial charge in [0, 0.05) is 4.88 Å². The number of carbonyl (C=O) groups excluding carboxylic acids is 2. The molecule has 2 heterocycles. The van der Waals surface area contributed by atoms with Gasteiger partial charge in [-0.15, -0.1) is 11.3 Å². The molecule has 0 atom stereocenters. The summed E-state index contributed by atoms with van der Waals surface area (Å²) in [4.78, 5) is 29.2. The number of nitrogens with two attached hydrogens (primary N) is 1. The second kappa shape index (κ2) is 6.97. The Bertz CT molecular complexity index is 752. The van der Waals surface area contributed by atoms with E-state index in [1.165, 1.54) is 11.3 Å². The van der Waals surface area contributed by atoms with Gasteiger partial charge in [-0.05, 0) is 26.3 Å². The van der Waals surface area contributed by atoms with Gasteiger partial charge in [-0.2, -0.15) is 4.98 Å². The molecule has 0 aliphatic rings. The highest BCUT2D eigenvalue weighted by molar-refractivity contribution is 7.17. The molecule has 2 aromatic heterocycles. The Morgan fingerprint density at radius 2 is 2.04 bits per heavy atom. The number of anilines is 2. The summed E-state index contributed by atoms with van der Waals surface area (Å²) in [6, 6.07) is 0. The number of thiophene rings is 1. The van der Waals surface area contributed by atoms with Gasteiger partial charge in [0.2, 0.25) is 11.8 Å². The van der Waals surface area contributed by atoms with E-state index in [1.54, 1.807) is 6.92 Å². The zero-order valence-electron chi connectivity index (χ0n) is 12.9.